The first-order valence-electron chi connectivity index (χ1n) is 5.01. The van der Waals surface area contributed by atoms with Crippen LogP contribution in [-0.2, 0) is 0 Å². The minimum absolute atomic E-state index is 0.0560. The molecule has 0 unspecified atom stereocenters. The summed E-state index contributed by atoms with van der Waals surface area (Å²) in [7, 11) is 0. The minimum Gasteiger partial charge on any atom is -0.396 e. The molecular formula is C11H16BrNO2S. The Morgan fingerprint density at radius 2 is 2.25 bits per heavy atom. The summed E-state index contributed by atoms with van der Waals surface area (Å²) < 4.78 is 0.985. The van der Waals surface area contributed by atoms with Crippen LogP contribution < -0.4 is 5.32 Å². The van der Waals surface area contributed by atoms with Crippen LogP contribution in [0.25, 0.3) is 0 Å². The van der Waals surface area contributed by atoms with Crippen LogP contribution in [0.1, 0.15) is 29.1 Å². The predicted octanol–water partition coefficient (Wildman–Crippen LogP) is 2.57. The van der Waals surface area contributed by atoms with Crippen molar-refractivity contribution < 1.29 is 9.90 Å². The molecule has 0 aliphatic carbocycles. The van der Waals surface area contributed by atoms with Gasteiger partial charge in [0.05, 0.1) is 8.66 Å². The second kappa shape index (κ2) is 5.29. The summed E-state index contributed by atoms with van der Waals surface area (Å²) in [4.78, 5) is 12.5. The van der Waals surface area contributed by atoms with Gasteiger partial charge in [-0.25, -0.2) is 0 Å². The molecule has 2 N–H and O–H groups in total. The second-order valence-corrected chi connectivity index (χ2v) is 6.94. The van der Waals surface area contributed by atoms with E-state index in [2.05, 4.69) is 21.2 Å². The van der Waals surface area contributed by atoms with Crippen molar-refractivity contribution in [1.29, 1.82) is 0 Å². The standard InChI is InChI=1S/C11H16BrNO2S/c1-7-4-8(16-9(7)12)10(15)13-5-11(2,3)6-14/h4,14H,5-6H2,1-3H3,(H,13,15). The Balaban J connectivity index is 2.60. The number of hydrogen-bond acceptors (Lipinski definition) is 3. The summed E-state index contributed by atoms with van der Waals surface area (Å²) in [5.41, 5.74) is 0.788. The van der Waals surface area contributed by atoms with Gasteiger partial charge in [-0.15, -0.1) is 11.3 Å². The van der Waals surface area contributed by atoms with E-state index in [0.717, 1.165) is 9.35 Å². The van der Waals surface area contributed by atoms with Gasteiger partial charge in [-0.05, 0) is 34.5 Å². The molecule has 0 fully saturated rings. The van der Waals surface area contributed by atoms with E-state index in [1.807, 2.05) is 26.8 Å². The summed E-state index contributed by atoms with van der Waals surface area (Å²) >= 11 is 4.81. The maximum absolute atomic E-state index is 11.8. The maximum atomic E-state index is 11.8. The van der Waals surface area contributed by atoms with E-state index < -0.39 is 0 Å². The van der Waals surface area contributed by atoms with E-state index in [0.29, 0.717) is 11.4 Å². The maximum Gasteiger partial charge on any atom is 0.261 e. The molecule has 1 aromatic rings. The zero-order valence-corrected chi connectivity index (χ0v) is 12.0. The number of halogens is 1. The molecule has 0 spiro atoms. The Morgan fingerprint density at radius 1 is 1.62 bits per heavy atom. The molecular weight excluding hydrogens is 290 g/mol. The van der Waals surface area contributed by atoms with Gasteiger partial charge in [0.1, 0.15) is 0 Å². The largest absolute Gasteiger partial charge is 0.396 e. The highest BCUT2D eigenvalue weighted by Crippen LogP contribution is 2.27. The van der Waals surface area contributed by atoms with Crippen LogP contribution in [0.2, 0.25) is 0 Å². The van der Waals surface area contributed by atoms with E-state index in [-0.39, 0.29) is 17.9 Å². The van der Waals surface area contributed by atoms with E-state index in [4.69, 9.17) is 5.11 Å². The fourth-order valence-corrected chi connectivity index (χ4v) is 2.49. The molecule has 1 rings (SSSR count). The van der Waals surface area contributed by atoms with Gasteiger partial charge in [0.2, 0.25) is 0 Å². The van der Waals surface area contributed by atoms with Gasteiger partial charge >= 0.3 is 0 Å². The molecule has 0 aliphatic heterocycles. The molecule has 0 aromatic carbocycles. The van der Waals surface area contributed by atoms with Crippen molar-refractivity contribution in [2.75, 3.05) is 13.2 Å². The summed E-state index contributed by atoms with van der Waals surface area (Å²) in [5, 5.41) is 11.9. The molecule has 1 heterocycles. The van der Waals surface area contributed by atoms with Crippen LogP contribution in [0.4, 0.5) is 0 Å². The third-order valence-electron chi connectivity index (χ3n) is 2.24. The van der Waals surface area contributed by atoms with Gasteiger partial charge in [0.15, 0.2) is 0 Å². The van der Waals surface area contributed by atoms with Gasteiger partial charge in [-0.3, -0.25) is 4.79 Å². The molecule has 1 aromatic heterocycles. The van der Waals surface area contributed by atoms with Crippen LogP contribution in [0.15, 0.2) is 9.85 Å². The Bertz CT molecular complexity index is 368. The van der Waals surface area contributed by atoms with Crippen LogP contribution in [-0.4, -0.2) is 24.2 Å². The summed E-state index contributed by atoms with van der Waals surface area (Å²) in [6.45, 7) is 6.29. The molecule has 0 saturated carbocycles. The summed E-state index contributed by atoms with van der Waals surface area (Å²) in [6.07, 6.45) is 0. The average Bonchev–Trinajstić information content (AvgIpc) is 2.56. The van der Waals surface area contributed by atoms with Gasteiger partial charge < -0.3 is 10.4 Å². The number of carbonyl (C=O) groups excluding carboxylic acids is 1. The molecule has 5 heteroatoms. The van der Waals surface area contributed by atoms with Crippen molar-refractivity contribution in [2.24, 2.45) is 5.41 Å². The van der Waals surface area contributed by atoms with E-state index in [1.54, 1.807) is 0 Å². The molecule has 0 aliphatic rings. The Morgan fingerprint density at radius 3 is 2.69 bits per heavy atom. The lowest BCUT2D eigenvalue weighted by Gasteiger charge is -2.21. The molecule has 0 bridgehead atoms. The molecule has 16 heavy (non-hydrogen) atoms. The lowest BCUT2D eigenvalue weighted by atomic mass is 9.95. The van der Waals surface area contributed by atoms with Gasteiger partial charge in [0.25, 0.3) is 5.91 Å². The number of aliphatic hydroxyl groups is 1. The number of thiophene rings is 1. The second-order valence-electron chi connectivity index (χ2n) is 4.57. The van der Waals surface area contributed by atoms with Crippen LogP contribution in [0, 0.1) is 12.3 Å². The van der Waals surface area contributed by atoms with Crippen LogP contribution >= 0.6 is 27.3 Å². The lowest BCUT2D eigenvalue weighted by molar-refractivity contribution is 0.0915. The zero-order chi connectivity index (χ0) is 12.3. The first-order valence-corrected chi connectivity index (χ1v) is 6.62. The highest BCUT2D eigenvalue weighted by Gasteiger charge is 2.19. The number of rotatable bonds is 4. The number of aryl methyl sites for hydroxylation is 1. The number of hydrogen-bond donors (Lipinski definition) is 2. The van der Waals surface area contributed by atoms with Crippen molar-refractivity contribution in [2.45, 2.75) is 20.8 Å². The molecule has 0 atom stereocenters. The third-order valence-corrected chi connectivity index (χ3v) is 4.37. The fourth-order valence-electron chi connectivity index (χ4n) is 1.03. The molecule has 0 radical (unpaired) electrons. The van der Waals surface area contributed by atoms with Gasteiger partial charge in [-0.1, -0.05) is 13.8 Å². The SMILES string of the molecule is Cc1cc(C(=O)NCC(C)(C)CO)sc1Br. The minimum atomic E-state index is -0.279. The number of aliphatic hydroxyl groups excluding tert-OH is 1. The van der Waals surface area contributed by atoms with Crippen molar-refractivity contribution in [3.05, 3.63) is 20.3 Å². The van der Waals surface area contributed by atoms with E-state index >= 15 is 0 Å². The Labute approximate surface area is 108 Å². The molecule has 0 saturated heterocycles. The van der Waals surface area contributed by atoms with Crippen molar-refractivity contribution in [3.63, 3.8) is 0 Å². The average molecular weight is 306 g/mol. The lowest BCUT2D eigenvalue weighted by Crippen LogP contribution is -2.35. The van der Waals surface area contributed by atoms with Crippen LogP contribution in [0.5, 0.6) is 0 Å². The quantitative estimate of drug-likeness (QED) is 0.898. The molecule has 90 valence electrons. The van der Waals surface area contributed by atoms with Crippen LogP contribution in [0.3, 0.4) is 0 Å². The first kappa shape index (κ1) is 13.7. The van der Waals surface area contributed by atoms with Crippen molar-refractivity contribution >= 4 is 33.2 Å². The van der Waals surface area contributed by atoms with E-state index in [1.165, 1.54) is 11.3 Å². The van der Waals surface area contributed by atoms with E-state index in [9.17, 15) is 4.79 Å². The molecule has 1 amide bonds. The predicted molar refractivity (Wildman–Crippen MR) is 70.0 cm³/mol. The van der Waals surface area contributed by atoms with Crippen molar-refractivity contribution in [1.82, 2.24) is 5.32 Å². The Hall–Kier alpha value is -0.390. The third kappa shape index (κ3) is 3.57. The van der Waals surface area contributed by atoms with Gasteiger partial charge in [-0.2, -0.15) is 0 Å². The summed E-state index contributed by atoms with van der Waals surface area (Å²) in [6, 6.07) is 1.86. The first-order chi connectivity index (χ1) is 7.35. The molecule has 3 nitrogen and oxygen atoms in total. The fraction of sp³-hybridized carbons (Fsp3) is 0.545. The normalized spacial score (nSPS) is 11.6. The highest BCUT2D eigenvalue weighted by molar-refractivity contribution is 9.11. The Kier molecular flexibility index (Phi) is 4.52. The highest BCUT2D eigenvalue weighted by atomic mass is 79.9. The smallest absolute Gasteiger partial charge is 0.261 e. The monoisotopic (exact) mass is 305 g/mol. The number of nitrogens with one attached hydrogen (secondary N) is 1. The number of carbonyl (C=O) groups is 1. The zero-order valence-electron chi connectivity index (χ0n) is 9.63. The summed E-state index contributed by atoms with van der Waals surface area (Å²) in [5.74, 6) is -0.0830. The topological polar surface area (TPSA) is 49.3 Å². The number of amides is 1. The van der Waals surface area contributed by atoms with Crippen molar-refractivity contribution in [3.8, 4) is 0 Å². The van der Waals surface area contributed by atoms with Gasteiger partial charge in [0, 0.05) is 18.6 Å².